The fourth-order valence-corrected chi connectivity index (χ4v) is 3.98. The zero-order valence-electron chi connectivity index (χ0n) is 15.1. The van der Waals surface area contributed by atoms with Crippen LogP contribution in [-0.2, 0) is 4.79 Å². The number of piperazine rings is 1. The van der Waals surface area contributed by atoms with Crippen LogP contribution in [-0.4, -0.2) is 50.1 Å². The zero-order valence-corrected chi connectivity index (χ0v) is 15.9. The van der Waals surface area contributed by atoms with Crippen molar-refractivity contribution in [3.63, 3.8) is 0 Å². The molecule has 0 spiro atoms. The Balaban J connectivity index is 0.00000196. The largest absolute Gasteiger partial charge is 0.356 e. The summed E-state index contributed by atoms with van der Waals surface area (Å²) in [5, 5.41) is 9.08. The van der Waals surface area contributed by atoms with Crippen molar-refractivity contribution in [1.82, 2.24) is 15.5 Å². The Bertz CT molecular complexity index is 740. The van der Waals surface area contributed by atoms with Crippen LogP contribution >= 0.6 is 12.4 Å². The van der Waals surface area contributed by atoms with E-state index in [4.69, 9.17) is 0 Å². The Morgan fingerprint density at radius 2 is 1.88 bits per heavy atom. The lowest BCUT2D eigenvalue weighted by atomic mass is 10.00. The molecule has 4 nitrogen and oxygen atoms in total. The molecule has 2 atom stereocenters. The van der Waals surface area contributed by atoms with E-state index in [9.17, 15) is 4.79 Å². The van der Waals surface area contributed by atoms with E-state index in [0.29, 0.717) is 5.92 Å². The molecule has 1 saturated carbocycles. The Morgan fingerprint density at radius 3 is 2.73 bits per heavy atom. The first-order valence-electron chi connectivity index (χ1n) is 9.51. The number of nitrogens with zero attached hydrogens (tertiary/aromatic N) is 1. The van der Waals surface area contributed by atoms with Crippen molar-refractivity contribution in [3.8, 4) is 0 Å². The van der Waals surface area contributed by atoms with Gasteiger partial charge in [0.05, 0.1) is 0 Å². The lowest BCUT2D eigenvalue weighted by molar-refractivity contribution is -0.122. The molecule has 0 radical (unpaired) electrons. The predicted molar refractivity (Wildman–Crippen MR) is 109 cm³/mol. The molecule has 2 unspecified atom stereocenters. The normalized spacial score (nSPS) is 22.6. The number of hydrogen-bond acceptors (Lipinski definition) is 3. The molecular weight excluding hydrogens is 346 g/mol. The van der Waals surface area contributed by atoms with Crippen LogP contribution in [0.25, 0.3) is 10.8 Å². The summed E-state index contributed by atoms with van der Waals surface area (Å²) in [6.45, 7) is 6.29. The lowest BCUT2D eigenvalue weighted by Gasteiger charge is -2.27. The third-order valence-electron chi connectivity index (χ3n) is 5.51. The van der Waals surface area contributed by atoms with Gasteiger partial charge in [-0.1, -0.05) is 42.5 Å². The van der Waals surface area contributed by atoms with Crippen LogP contribution < -0.4 is 10.6 Å². The minimum atomic E-state index is 0. The Morgan fingerprint density at radius 1 is 1.12 bits per heavy atom. The maximum Gasteiger partial charge on any atom is 0.223 e. The Kier molecular flexibility index (Phi) is 6.52. The quantitative estimate of drug-likeness (QED) is 0.765. The van der Waals surface area contributed by atoms with Gasteiger partial charge in [-0.15, -0.1) is 12.4 Å². The summed E-state index contributed by atoms with van der Waals surface area (Å²) < 4.78 is 0. The van der Waals surface area contributed by atoms with Gasteiger partial charge in [0, 0.05) is 38.6 Å². The van der Waals surface area contributed by atoms with Gasteiger partial charge in [-0.25, -0.2) is 0 Å². The van der Waals surface area contributed by atoms with Gasteiger partial charge < -0.3 is 15.5 Å². The lowest BCUT2D eigenvalue weighted by Crippen LogP contribution is -2.44. The molecule has 1 aliphatic heterocycles. The number of carbonyl (C=O) groups is 1. The third kappa shape index (κ3) is 4.37. The van der Waals surface area contributed by atoms with Crippen molar-refractivity contribution in [3.05, 3.63) is 48.0 Å². The highest BCUT2D eigenvalue weighted by Gasteiger charge is 2.44. The van der Waals surface area contributed by atoms with Crippen molar-refractivity contribution < 1.29 is 4.79 Å². The van der Waals surface area contributed by atoms with Crippen LogP contribution in [0.3, 0.4) is 0 Å². The van der Waals surface area contributed by atoms with Gasteiger partial charge in [-0.2, -0.15) is 0 Å². The van der Waals surface area contributed by atoms with Gasteiger partial charge in [0.15, 0.2) is 0 Å². The molecule has 2 fully saturated rings. The minimum absolute atomic E-state index is 0. The van der Waals surface area contributed by atoms with Crippen LogP contribution in [0.1, 0.15) is 24.3 Å². The highest BCUT2D eigenvalue weighted by Crippen LogP contribution is 2.49. The average Bonchev–Trinajstić information content (AvgIpc) is 3.46. The van der Waals surface area contributed by atoms with E-state index >= 15 is 0 Å². The molecule has 2 aromatic carbocycles. The van der Waals surface area contributed by atoms with Gasteiger partial charge in [-0.05, 0) is 41.6 Å². The Labute approximate surface area is 161 Å². The predicted octanol–water partition coefficient (Wildman–Crippen LogP) is 2.78. The number of nitrogens with one attached hydrogen (secondary N) is 2. The molecule has 140 valence electrons. The van der Waals surface area contributed by atoms with E-state index in [-0.39, 0.29) is 24.2 Å². The zero-order chi connectivity index (χ0) is 17.1. The fourth-order valence-electron chi connectivity index (χ4n) is 3.98. The summed E-state index contributed by atoms with van der Waals surface area (Å²) in [4.78, 5) is 14.9. The van der Waals surface area contributed by atoms with Gasteiger partial charge >= 0.3 is 0 Å². The molecule has 1 aliphatic carbocycles. The molecule has 26 heavy (non-hydrogen) atoms. The molecule has 2 aromatic rings. The molecule has 2 aliphatic rings. The van der Waals surface area contributed by atoms with E-state index in [1.165, 1.54) is 16.3 Å². The summed E-state index contributed by atoms with van der Waals surface area (Å²) in [7, 11) is 0. The minimum Gasteiger partial charge on any atom is -0.356 e. The van der Waals surface area contributed by atoms with Crippen LogP contribution in [0.5, 0.6) is 0 Å². The van der Waals surface area contributed by atoms with Gasteiger partial charge in [0.2, 0.25) is 5.91 Å². The first kappa shape index (κ1) is 19.2. The standard InChI is InChI=1S/C21H27N3O.ClH/c25-21(23-9-4-12-24-13-10-22-11-14-24)20-15-19(20)18-8-3-6-16-5-1-2-7-17(16)18;/h1-3,5-8,19-20,22H,4,9-15H2,(H,23,25);1H. The van der Waals surface area contributed by atoms with E-state index < -0.39 is 0 Å². The number of hydrogen-bond donors (Lipinski definition) is 2. The monoisotopic (exact) mass is 373 g/mol. The topological polar surface area (TPSA) is 44.4 Å². The van der Waals surface area contributed by atoms with Crippen LogP contribution in [0, 0.1) is 5.92 Å². The van der Waals surface area contributed by atoms with Gasteiger partial charge in [0.25, 0.3) is 0 Å². The molecule has 4 rings (SSSR count). The molecular formula is C21H28ClN3O. The van der Waals surface area contributed by atoms with Gasteiger partial charge in [0.1, 0.15) is 0 Å². The van der Waals surface area contributed by atoms with E-state index in [2.05, 4.69) is 58.0 Å². The highest BCUT2D eigenvalue weighted by atomic mass is 35.5. The molecule has 2 N–H and O–H groups in total. The molecule has 1 saturated heterocycles. The first-order chi connectivity index (χ1) is 12.3. The SMILES string of the molecule is Cl.O=C(NCCCN1CCNCC1)C1CC1c1cccc2ccccc12. The summed E-state index contributed by atoms with van der Waals surface area (Å²) in [6.07, 6.45) is 2.02. The smallest absolute Gasteiger partial charge is 0.223 e. The van der Waals surface area contributed by atoms with Crippen molar-refractivity contribution in [2.24, 2.45) is 5.92 Å². The van der Waals surface area contributed by atoms with Crippen molar-refractivity contribution in [2.75, 3.05) is 39.3 Å². The highest BCUT2D eigenvalue weighted by molar-refractivity contribution is 5.89. The number of halogens is 1. The maximum absolute atomic E-state index is 12.4. The van der Waals surface area contributed by atoms with E-state index in [1.807, 2.05) is 0 Å². The summed E-state index contributed by atoms with van der Waals surface area (Å²) in [5.41, 5.74) is 1.33. The van der Waals surface area contributed by atoms with E-state index in [1.54, 1.807) is 0 Å². The van der Waals surface area contributed by atoms with Crippen LogP contribution in [0.15, 0.2) is 42.5 Å². The second kappa shape index (κ2) is 8.85. The number of rotatable bonds is 6. The van der Waals surface area contributed by atoms with Crippen molar-refractivity contribution >= 4 is 29.1 Å². The molecule has 0 bridgehead atoms. The summed E-state index contributed by atoms with van der Waals surface area (Å²) >= 11 is 0. The number of fused-ring (bicyclic) bond motifs is 1. The Hall–Kier alpha value is -1.62. The third-order valence-corrected chi connectivity index (χ3v) is 5.51. The molecule has 1 amide bonds. The van der Waals surface area contributed by atoms with Crippen molar-refractivity contribution in [2.45, 2.75) is 18.8 Å². The maximum atomic E-state index is 12.4. The number of carbonyl (C=O) groups excluding carboxylic acids is 1. The number of amides is 1. The van der Waals surface area contributed by atoms with Crippen LogP contribution in [0.2, 0.25) is 0 Å². The molecule has 0 aromatic heterocycles. The summed E-state index contributed by atoms with van der Waals surface area (Å²) in [6, 6.07) is 14.9. The molecule has 1 heterocycles. The second-order valence-electron chi connectivity index (χ2n) is 7.25. The fraction of sp³-hybridized carbons (Fsp3) is 0.476. The van der Waals surface area contributed by atoms with Crippen molar-refractivity contribution in [1.29, 1.82) is 0 Å². The first-order valence-corrected chi connectivity index (χ1v) is 9.51. The average molecular weight is 374 g/mol. The summed E-state index contributed by atoms with van der Waals surface area (Å²) in [5.74, 6) is 0.780. The molecule has 5 heteroatoms. The van der Waals surface area contributed by atoms with Gasteiger partial charge in [-0.3, -0.25) is 4.79 Å². The van der Waals surface area contributed by atoms with Crippen LogP contribution in [0.4, 0.5) is 0 Å². The second-order valence-corrected chi connectivity index (χ2v) is 7.25. The van der Waals surface area contributed by atoms with E-state index in [0.717, 1.165) is 52.1 Å². The number of benzene rings is 2.